The van der Waals surface area contributed by atoms with Crippen molar-refractivity contribution in [3.63, 3.8) is 0 Å². The lowest BCUT2D eigenvalue weighted by molar-refractivity contribution is -0.126. The fourth-order valence-corrected chi connectivity index (χ4v) is 2.06. The van der Waals surface area contributed by atoms with Gasteiger partial charge in [-0.1, -0.05) is 25.5 Å². The Morgan fingerprint density at radius 1 is 1.19 bits per heavy atom. The number of hydrogen-bond acceptors (Lipinski definition) is 3. The largest absolute Gasteiger partial charge is 0.352 e. The quantitative estimate of drug-likeness (QED) is 0.657. The maximum atomic E-state index is 11.8. The van der Waals surface area contributed by atoms with E-state index in [2.05, 4.69) is 22.9 Å². The number of rotatable bonds is 7. The average Bonchev–Trinajstić information content (AvgIpc) is 2.44. The molecule has 1 aromatic rings. The number of hydrogen-bond donors (Lipinski definition) is 3. The third-order valence-electron chi connectivity index (χ3n) is 3.65. The van der Waals surface area contributed by atoms with Crippen molar-refractivity contribution in [1.82, 2.24) is 16.0 Å². The number of amides is 2. The molecule has 1 saturated heterocycles. The van der Waals surface area contributed by atoms with E-state index in [0.717, 1.165) is 31.5 Å². The van der Waals surface area contributed by atoms with Crippen LogP contribution in [0.1, 0.15) is 35.7 Å². The van der Waals surface area contributed by atoms with Crippen LogP contribution < -0.4 is 16.0 Å². The molecule has 2 rings (SSSR count). The topological polar surface area (TPSA) is 70.2 Å². The van der Waals surface area contributed by atoms with Crippen LogP contribution in [0.25, 0.3) is 0 Å². The SMILES string of the molecule is CCCCNC(=O)c1ccc(CNC(=O)C2CNC2)cc1. The predicted octanol–water partition coefficient (Wildman–Crippen LogP) is 1.05. The summed E-state index contributed by atoms with van der Waals surface area (Å²) >= 11 is 0. The van der Waals surface area contributed by atoms with Crippen LogP contribution in [0, 0.1) is 5.92 Å². The molecule has 2 amide bonds. The highest BCUT2D eigenvalue weighted by Gasteiger charge is 2.24. The highest BCUT2D eigenvalue weighted by atomic mass is 16.2. The van der Waals surface area contributed by atoms with Crippen molar-refractivity contribution in [2.24, 2.45) is 5.92 Å². The Morgan fingerprint density at radius 2 is 1.90 bits per heavy atom. The summed E-state index contributed by atoms with van der Waals surface area (Å²) in [6.07, 6.45) is 2.06. The maximum Gasteiger partial charge on any atom is 0.251 e. The first-order chi connectivity index (χ1) is 10.2. The van der Waals surface area contributed by atoms with E-state index in [1.165, 1.54) is 0 Å². The minimum Gasteiger partial charge on any atom is -0.352 e. The zero-order chi connectivity index (χ0) is 15.1. The minimum absolute atomic E-state index is 0.0421. The molecule has 0 spiro atoms. The molecule has 114 valence electrons. The van der Waals surface area contributed by atoms with Crippen LogP contribution in [-0.4, -0.2) is 31.4 Å². The van der Waals surface area contributed by atoms with E-state index < -0.39 is 0 Å². The molecule has 3 N–H and O–H groups in total. The maximum absolute atomic E-state index is 11.8. The van der Waals surface area contributed by atoms with E-state index in [4.69, 9.17) is 0 Å². The van der Waals surface area contributed by atoms with Gasteiger partial charge in [0.1, 0.15) is 0 Å². The van der Waals surface area contributed by atoms with Crippen molar-refractivity contribution in [2.45, 2.75) is 26.3 Å². The molecule has 0 bridgehead atoms. The first-order valence-corrected chi connectivity index (χ1v) is 7.56. The molecule has 0 radical (unpaired) electrons. The zero-order valence-electron chi connectivity index (χ0n) is 12.4. The van der Waals surface area contributed by atoms with Crippen LogP contribution in [0.2, 0.25) is 0 Å². The molecule has 5 nitrogen and oxygen atoms in total. The number of nitrogens with one attached hydrogen (secondary N) is 3. The smallest absolute Gasteiger partial charge is 0.251 e. The Hall–Kier alpha value is -1.88. The first-order valence-electron chi connectivity index (χ1n) is 7.56. The molecule has 0 unspecified atom stereocenters. The summed E-state index contributed by atoms with van der Waals surface area (Å²) in [5.74, 6) is 0.156. The van der Waals surface area contributed by atoms with Gasteiger partial charge >= 0.3 is 0 Å². The fourth-order valence-electron chi connectivity index (χ4n) is 2.06. The number of carbonyl (C=O) groups is 2. The summed E-state index contributed by atoms with van der Waals surface area (Å²) in [4.78, 5) is 23.6. The molecule has 1 heterocycles. The fraction of sp³-hybridized carbons (Fsp3) is 0.500. The van der Waals surface area contributed by atoms with Gasteiger partial charge in [0.25, 0.3) is 5.91 Å². The van der Waals surface area contributed by atoms with E-state index >= 15 is 0 Å². The highest BCUT2D eigenvalue weighted by molar-refractivity contribution is 5.94. The normalized spacial score (nSPS) is 14.3. The Kier molecular flexibility index (Phi) is 5.75. The van der Waals surface area contributed by atoms with Gasteiger partial charge in [-0.15, -0.1) is 0 Å². The molecule has 0 aromatic heterocycles. The standard InChI is InChI=1S/C16H23N3O2/c1-2-3-8-18-15(20)13-6-4-12(5-7-13)9-19-16(21)14-10-17-11-14/h4-7,14,17H,2-3,8-11H2,1H3,(H,18,20)(H,19,21). The summed E-state index contributed by atoms with van der Waals surface area (Å²) < 4.78 is 0. The van der Waals surface area contributed by atoms with Gasteiger partial charge in [-0.2, -0.15) is 0 Å². The van der Waals surface area contributed by atoms with Crippen LogP contribution in [-0.2, 0) is 11.3 Å². The highest BCUT2D eigenvalue weighted by Crippen LogP contribution is 2.06. The minimum atomic E-state index is -0.0421. The average molecular weight is 289 g/mol. The third kappa shape index (κ3) is 4.56. The van der Waals surface area contributed by atoms with E-state index in [0.29, 0.717) is 18.7 Å². The van der Waals surface area contributed by atoms with Gasteiger partial charge in [0.15, 0.2) is 0 Å². The Labute approximate surface area is 125 Å². The van der Waals surface area contributed by atoms with Crippen LogP contribution in [0.3, 0.4) is 0 Å². The number of benzene rings is 1. The lowest BCUT2D eigenvalue weighted by Gasteiger charge is -2.25. The van der Waals surface area contributed by atoms with Gasteiger partial charge in [-0.05, 0) is 24.1 Å². The van der Waals surface area contributed by atoms with Gasteiger partial charge in [0, 0.05) is 31.7 Å². The number of carbonyl (C=O) groups excluding carboxylic acids is 2. The van der Waals surface area contributed by atoms with Crippen molar-refractivity contribution in [3.05, 3.63) is 35.4 Å². The van der Waals surface area contributed by atoms with Crippen LogP contribution in [0.4, 0.5) is 0 Å². The summed E-state index contributed by atoms with van der Waals surface area (Å²) in [7, 11) is 0. The van der Waals surface area contributed by atoms with E-state index in [-0.39, 0.29) is 17.7 Å². The molecule has 5 heteroatoms. The molecule has 0 atom stereocenters. The molecule has 0 saturated carbocycles. The summed E-state index contributed by atoms with van der Waals surface area (Å²) in [6, 6.07) is 7.36. The lowest BCUT2D eigenvalue weighted by atomic mass is 10.0. The van der Waals surface area contributed by atoms with Crippen LogP contribution >= 0.6 is 0 Å². The van der Waals surface area contributed by atoms with E-state index in [1.807, 2.05) is 12.1 Å². The van der Waals surface area contributed by atoms with Gasteiger partial charge in [-0.3, -0.25) is 9.59 Å². The number of unbranched alkanes of at least 4 members (excludes halogenated alkanes) is 1. The first kappa shape index (κ1) is 15.5. The van der Waals surface area contributed by atoms with E-state index in [9.17, 15) is 9.59 Å². The van der Waals surface area contributed by atoms with Crippen molar-refractivity contribution < 1.29 is 9.59 Å². The van der Waals surface area contributed by atoms with Crippen molar-refractivity contribution in [1.29, 1.82) is 0 Å². The molecular formula is C16H23N3O2. The second-order valence-electron chi connectivity index (χ2n) is 5.38. The molecule has 1 fully saturated rings. The van der Waals surface area contributed by atoms with Crippen molar-refractivity contribution in [3.8, 4) is 0 Å². The van der Waals surface area contributed by atoms with E-state index in [1.54, 1.807) is 12.1 Å². The van der Waals surface area contributed by atoms with Crippen molar-refractivity contribution >= 4 is 11.8 Å². The predicted molar refractivity (Wildman–Crippen MR) is 81.9 cm³/mol. The molecular weight excluding hydrogens is 266 g/mol. The molecule has 1 aromatic carbocycles. The Balaban J connectivity index is 1.78. The van der Waals surface area contributed by atoms with Crippen molar-refractivity contribution in [2.75, 3.05) is 19.6 Å². The lowest BCUT2D eigenvalue weighted by Crippen LogP contribution is -2.50. The van der Waals surface area contributed by atoms with Crippen LogP contribution in [0.15, 0.2) is 24.3 Å². The molecule has 1 aliphatic heterocycles. The second-order valence-corrected chi connectivity index (χ2v) is 5.38. The summed E-state index contributed by atoms with van der Waals surface area (Å²) in [6.45, 7) is 4.84. The summed E-state index contributed by atoms with van der Waals surface area (Å²) in [5, 5.41) is 8.87. The monoisotopic (exact) mass is 289 g/mol. The van der Waals surface area contributed by atoms with Gasteiger partial charge in [0.05, 0.1) is 5.92 Å². The molecule has 1 aliphatic rings. The van der Waals surface area contributed by atoms with Gasteiger partial charge < -0.3 is 16.0 Å². The Morgan fingerprint density at radius 3 is 2.48 bits per heavy atom. The summed E-state index contributed by atoms with van der Waals surface area (Å²) in [5.41, 5.74) is 1.66. The zero-order valence-corrected chi connectivity index (χ0v) is 12.4. The van der Waals surface area contributed by atoms with Crippen LogP contribution in [0.5, 0.6) is 0 Å². The second kappa shape index (κ2) is 7.78. The Bertz CT molecular complexity index is 481. The van der Waals surface area contributed by atoms with Gasteiger partial charge in [-0.25, -0.2) is 0 Å². The molecule has 21 heavy (non-hydrogen) atoms. The molecule has 0 aliphatic carbocycles. The van der Waals surface area contributed by atoms with Gasteiger partial charge in [0.2, 0.25) is 5.91 Å². The third-order valence-corrected chi connectivity index (χ3v) is 3.65.